The Kier molecular flexibility index (Phi) is 4.70. The van der Waals surface area contributed by atoms with E-state index in [1.54, 1.807) is 6.92 Å². The standard InChI is InChI=1S/C15H19N3O3/c1-10-5-4-6-12(7-10)14-16-13(17-21-14)9-18(3)8-11(2)15(19)20/h4-7,11H,8-9H2,1-3H3,(H,19,20). The fraction of sp³-hybridized carbons (Fsp3) is 0.400. The number of hydrogen-bond donors (Lipinski definition) is 1. The van der Waals surface area contributed by atoms with Gasteiger partial charge in [-0.25, -0.2) is 0 Å². The summed E-state index contributed by atoms with van der Waals surface area (Å²) in [6.07, 6.45) is 0. The van der Waals surface area contributed by atoms with Gasteiger partial charge in [0.2, 0.25) is 0 Å². The summed E-state index contributed by atoms with van der Waals surface area (Å²) in [6.45, 7) is 4.56. The molecule has 2 rings (SSSR count). The SMILES string of the molecule is Cc1cccc(-c2nc(CN(C)CC(C)C(=O)O)no2)c1. The molecular formula is C15H19N3O3. The van der Waals surface area contributed by atoms with Crippen LogP contribution in [0.25, 0.3) is 11.5 Å². The van der Waals surface area contributed by atoms with Crippen molar-refractivity contribution in [2.45, 2.75) is 20.4 Å². The minimum Gasteiger partial charge on any atom is -0.481 e. The van der Waals surface area contributed by atoms with Crippen molar-refractivity contribution in [1.82, 2.24) is 15.0 Å². The molecule has 21 heavy (non-hydrogen) atoms. The van der Waals surface area contributed by atoms with Crippen LogP contribution < -0.4 is 0 Å². The van der Waals surface area contributed by atoms with E-state index < -0.39 is 11.9 Å². The highest BCUT2D eigenvalue weighted by molar-refractivity contribution is 5.69. The number of carbonyl (C=O) groups is 1. The predicted molar refractivity (Wildman–Crippen MR) is 77.6 cm³/mol. The highest BCUT2D eigenvalue weighted by Gasteiger charge is 2.16. The molecule has 1 heterocycles. The van der Waals surface area contributed by atoms with E-state index in [0.717, 1.165) is 11.1 Å². The van der Waals surface area contributed by atoms with Crippen LogP contribution in [-0.2, 0) is 11.3 Å². The maximum absolute atomic E-state index is 10.8. The monoisotopic (exact) mass is 289 g/mol. The van der Waals surface area contributed by atoms with Crippen molar-refractivity contribution in [3.63, 3.8) is 0 Å². The zero-order valence-electron chi connectivity index (χ0n) is 12.4. The Morgan fingerprint density at radius 2 is 2.24 bits per heavy atom. The van der Waals surface area contributed by atoms with Gasteiger partial charge in [-0.05, 0) is 26.1 Å². The lowest BCUT2D eigenvalue weighted by atomic mass is 10.1. The van der Waals surface area contributed by atoms with Crippen LogP contribution in [0.3, 0.4) is 0 Å². The van der Waals surface area contributed by atoms with Crippen molar-refractivity contribution in [3.8, 4) is 11.5 Å². The summed E-state index contributed by atoms with van der Waals surface area (Å²) in [4.78, 5) is 17.0. The van der Waals surface area contributed by atoms with Gasteiger partial charge in [0, 0.05) is 12.1 Å². The van der Waals surface area contributed by atoms with Gasteiger partial charge in [0.25, 0.3) is 5.89 Å². The quantitative estimate of drug-likeness (QED) is 0.878. The molecule has 0 saturated heterocycles. The molecule has 1 aromatic carbocycles. The number of nitrogens with zero attached hydrogens (tertiary/aromatic N) is 3. The molecule has 0 fully saturated rings. The second kappa shape index (κ2) is 6.49. The molecule has 1 unspecified atom stereocenters. The third-order valence-corrected chi connectivity index (χ3v) is 3.15. The van der Waals surface area contributed by atoms with Crippen molar-refractivity contribution >= 4 is 5.97 Å². The molecule has 6 nitrogen and oxygen atoms in total. The number of aryl methyl sites for hydroxylation is 1. The largest absolute Gasteiger partial charge is 0.481 e. The zero-order chi connectivity index (χ0) is 15.4. The number of benzene rings is 1. The van der Waals surface area contributed by atoms with Crippen LogP contribution >= 0.6 is 0 Å². The highest BCUT2D eigenvalue weighted by Crippen LogP contribution is 2.18. The number of carboxylic acids is 1. The van der Waals surface area contributed by atoms with Crippen molar-refractivity contribution in [3.05, 3.63) is 35.7 Å². The van der Waals surface area contributed by atoms with Gasteiger partial charge in [-0.1, -0.05) is 29.8 Å². The van der Waals surface area contributed by atoms with E-state index in [9.17, 15) is 4.79 Å². The first kappa shape index (κ1) is 15.2. The number of carboxylic acid groups (broad SMARTS) is 1. The molecule has 1 N–H and O–H groups in total. The smallest absolute Gasteiger partial charge is 0.307 e. The Bertz CT molecular complexity index is 624. The van der Waals surface area contributed by atoms with E-state index in [1.165, 1.54) is 0 Å². The lowest BCUT2D eigenvalue weighted by Crippen LogP contribution is -2.28. The van der Waals surface area contributed by atoms with Crippen molar-refractivity contribution < 1.29 is 14.4 Å². The summed E-state index contributed by atoms with van der Waals surface area (Å²) in [5.41, 5.74) is 2.01. The van der Waals surface area contributed by atoms with E-state index in [0.29, 0.717) is 24.8 Å². The maximum Gasteiger partial charge on any atom is 0.307 e. The molecule has 0 aliphatic rings. The summed E-state index contributed by atoms with van der Waals surface area (Å²) in [6, 6.07) is 7.84. The molecule has 0 amide bonds. The Hall–Kier alpha value is -2.21. The highest BCUT2D eigenvalue weighted by atomic mass is 16.5. The van der Waals surface area contributed by atoms with Crippen LogP contribution in [0.4, 0.5) is 0 Å². The number of rotatable bonds is 6. The minimum absolute atomic E-state index is 0.432. The van der Waals surface area contributed by atoms with Crippen LogP contribution in [0, 0.1) is 12.8 Å². The second-order valence-corrected chi connectivity index (χ2v) is 5.32. The molecule has 2 aromatic rings. The molecule has 0 aliphatic heterocycles. The first-order chi connectivity index (χ1) is 9.95. The van der Waals surface area contributed by atoms with E-state index in [4.69, 9.17) is 9.63 Å². The molecule has 1 atom stereocenters. The average molecular weight is 289 g/mol. The van der Waals surface area contributed by atoms with Crippen molar-refractivity contribution in [1.29, 1.82) is 0 Å². The molecule has 0 saturated carbocycles. The first-order valence-corrected chi connectivity index (χ1v) is 6.76. The summed E-state index contributed by atoms with van der Waals surface area (Å²) in [7, 11) is 1.84. The van der Waals surface area contributed by atoms with Crippen LogP contribution in [0.5, 0.6) is 0 Å². The lowest BCUT2D eigenvalue weighted by Gasteiger charge is -2.16. The molecule has 0 spiro atoms. The van der Waals surface area contributed by atoms with Crippen LogP contribution in [0.15, 0.2) is 28.8 Å². The van der Waals surface area contributed by atoms with E-state index in [1.807, 2.05) is 43.1 Å². The Balaban J connectivity index is 2.02. The van der Waals surface area contributed by atoms with Gasteiger partial charge in [-0.2, -0.15) is 4.98 Å². The van der Waals surface area contributed by atoms with Gasteiger partial charge in [0.05, 0.1) is 12.5 Å². The van der Waals surface area contributed by atoms with Crippen LogP contribution in [-0.4, -0.2) is 39.7 Å². The molecule has 0 aliphatic carbocycles. The Morgan fingerprint density at radius 3 is 2.90 bits per heavy atom. The predicted octanol–water partition coefficient (Wildman–Crippen LogP) is 2.20. The summed E-state index contributed by atoms with van der Waals surface area (Å²) < 4.78 is 5.25. The molecule has 6 heteroatoms. The molecule has 0 bridgehead atoms. The Labute approximate surface area is 123 Å². The van der Waals surface area contributed by atoms with Gasteiger partial charge >= 0.3 is 5.97 Å². The summed E-state index contributed by atoms with van der Waals surface area (Å²) in [5, 5.41) is 12.8. The lowest BCUT2D eigenvalue weighted by molar-refractivity contribution is -0.141. The van der Waals surface area contributed by atoms with Crippen molar-refractivity contribution in [2.75, 3.05) is 13.6 Å². The molecule has 1 aromatic heterocycles. The minimum atomic E-state index is -0.810. The molecule has 0 radical (unpaired) electrons. The van der Waals surface area contributed by atoms with Gasteiger partial charge in [-0.15, -0.1) is 0 Å². The van der Waals surface area contributed by atoms with E-state index in [-0.39, 0.29) is 0 Å². The maximum atomic E-state index is 10.8. The number of aliphatic carboxylic acids is 1. The topological polar surface area (TPSA) is 79.5 Å². The van der Waals surface area contributed by atoms with Gasteiger partial charge in [0.15, 0.2) is 5.82 Å². The third-order valence-electron chi connectivity index (χ3n) is 3.15. The average Bonchev–Trinajstić information content (AvgIpc) is 2.86. The normalized spacial score (nSPS) is 12.6. The fourth-order valence-electron chi connectivity index (χ4n) is 2.07. The number of aromatic nitrogens is 2. The zero-order valence-corrected chi connectivity index (χ0v) is 12.4. The van der Waals surface area contributed by atoms with Crippen molar-refractivity contribution in [2.24, 2.45) is 5.92 Å². The number of hydrogen-bond acceptors (Lipinski definition) is 5. The van der Waals surface area contributed by atoms with Crippen LogP contribution in [0.1, 0.15) is 18.3 Å². The summed E-state index contributed by atoms with van der Waals surface area (Å²) in [5.74, 6) is -0.214. The molecular weight excluding hydrogens is 270 g/mol. The van der Waals surface area contributed by atoms with Gasteiger partial charge in [-0.3, -0.25) is 9.69 Å². The van der Waals surface area contributed by atoms with Gasteiger partial charge < -0.3 is 9.63 Å². The van der Waals surface area contributed by atoms with E-state index in [2.05, 4.69) is 10.1 Å². The third kappa shape index (κ3) is 4.13. The molecule has 112 valence electrons. The van der Waals surface area contributed by atoms with E-state index >= 15 is 0 Å². The second-order valence-electron chi connectivity index (χ2n) is 5.32. The van der Waals surface area contributed by atoms with Gasteiger partial charge in [0.1, 0.15) is 0 Å². The fourth-order valence-corrected chi connectivity index (χ4v) is 2.07. The first-order valence-electron chi connectivity index (χ1n) is 6.76. The van der Waals surface area contributed by atoms with Crippen LogP contribution in [0.2, 0.25) is 0 Å². The Morgan fingerprint density at radius 1 is 1.48 bits per heavy atom. The summed E-state index contributed by atoms with van der Waals surface area (Å²) >= 11 is 0.